The van der Waals surface area contributed by atoms with Gasteiger partial charge >= 0.3 is 16.2 Å². The minimum Gasteiger partial charge on any atom is -0.453 e. The predicted molar refractivity (Wildman–Crippen MR) is 96.1 cm³/mol. The highest BCUT2D eigenvalue weighted by Gasteiger charge is 2.21. The second kappa shape index (κ2) is 6.85. The molecule has 3 rings (SSSR count). The average molecular weight is 396 g/mol. The molecule has 136 valence electrons. The van der Waals surface area contributed by atoms with E-state index in [0.29, 0.717) is 21.6 Å². The van der Waals surface area contributed by atoms with E-state index in [2.05, 4.69) is 20.0 Å². The Hall–Kier alpha value is -2.78. The number of carbonyl (C=O) groups is 1. The molecule has 3 aromatic rings. The van der Waals surface area contributed by atoms with Gasteiger partial charge in [0.1, 0.15) is 10.6 Å². The molecule has 0 saturated carbocycles. The zero-order valence-corrected chi connectivity index (χ0v) is 15.3. The maximum atomic E-state index is 12.5. The van der Waals surface area contributed by atoms with Gasteiger partial charge in [-0.3, -0.25) is 5.32 Å². The van der Waals surface area contributed by atoms with Crippen molar-refractivity contribution in [3.63, 3.8) is 0 Å². The molecule has 0 spiro atoms. The molecule has 1 heterocycles. The molecule has 2 aromatic carbocycles. The highest BCUT2D eigenvalue weighted by molar-refractivity contribution is 7.87. The van der Waals surface area contributed by atoms with Crippen LogP contribution in [-0.4, -0.2) is 31.6 Å². The van der Waals surface area contributed by atoms with E-state index in [0.717, 1.165) is 0 Å². The Morgan fingerprint density at radius 3 is 2.77 bits per heavy atom. The summed E-state index contributed by atoms with van der Waals surface area (Å²) in [6, 6.07) is 9.04. The Kier molecular flexibility index (Phi) is 4.75. The van der Waals surface area contributed by atoms with Crippen LogP contribution in [0.2, 0.25) is 5.02 Å². The number of imidazole rings is 1. The molecule has 0 aliphatic rings. The SMILES string of the molecule is COC(=O)Nc1nc2ccc(OS(=O)(=O)c3cccc(Cl)c3C)cc2[nH]1. The van der Waals surface area contributed by atoms with Crippen LogP contribution in [0.5, 0.6) is 5.75 Å². The van der Waals surface area contributed by atoms with E-state index in [9.17, 15) is 13.2 Å². The fourth-order valence-electron chi connectivity index (χ4n) is 2.28. The quantitative estimate of drug-likeness (QED) is 0.654. The van der Waals surface area contributed by atoms with Crippen LogP contribution in [0.4, 0.5) is 10.7 Å². The molecule has 10 heteroatoms. The second-order valence-corrected chi connectivity index (χ2v) is 7.20. The number of amides is 1. The number of aromatic amines is 1. The van der Waals surface area contributed by atoms with Crippen molar-refractivity contribution >= 4 is 44.8 Å². The Labute approximate surface area is 154 Å². The maximum Gasteiger partial charge on any atom is 0.413 e. The first-order chi connectivity index (χ1) is 12.3. The van der Waals surface area contributed by atoms with E-state index >= 15 is 0 Å². The van der Waals surface area contributed by atoms with Gasteiger partial charge in [-0.05, 0) is 36.8 Å². The summed E-state index contributed by atoms with van der Waals surface area (Å²) in [6.45, 7) is 1.60. The van der Waals surface area contributed by atoms with Gasteiger partial charge < -0.3 is 13.9 Å². The van der Waals surface area contributed by atoms with Crippen LogP contribution < -0.4 is 9.50 Å². The van der Waals surface area contributed by atoms with Crippen LogP contribution in [0.15, 0.2) is 41.3 Å². The molecule has 1 aromatic heterocycles. The van der Waals surface area contributed by atoms with Crippen molar-refractivity contribution in [3.8, 4) is 5.75 Å². The zero-order valence-electron chi connectivity index (χ0n) is 13.7. The highest BCUT2D eigenvalue weighted by atomic mass is 35.5. The number of nitrogens with one attached hydrogen (secondary N) is 2. The number of ether oxygens (including phenoxy) is 1. The van der Waals surface area contributed by atoms with Crippen molar-refractivity contribution in [3.05, 3.63) is 47.0 Å². The number of hydrogen-bond donors (Lipinski definition) is 2. The lowest BCUT2D eigenvalue weighted by Gasteiger charge is -2.10. The number of benzene rings is 2. The van der Waals surface area contributed by atoms with Crippen molar-refractivity contribution in [2.24, 2.45) is 0 Å². The van der Waals surface area contributed by atoms with Crippen molar-refractivity contribution in [2.75, 3.05) is 12.4 Å². The van der Waals surface area contributed by atoms with Crippen molar-refractivity contribution in [1.82, 2.24) is 9.97 Å². The van der Waals surface area contributed by atoms with E-state index in [1.807, 2.05) is 0 Å². The third kappa shape index (κ3) is 3.58. The first-order valence-corrected chi connectivity index (χ1v) is 9.13. The lowest BCUT2D eigenvalue weighted by molar-refractivity contribution is 0.186. The monoisotopic (exact) mass is 395 g/mol. The first-order valence-electron chi connectivity index (χ1n) is 7.34. The molecule has 0 aliphatic carbocycles. The number of hydrogen-bond acceptors (Lipinski definition) is 6. The summed E-state index contributed by atoms with van der Waals surface area (Å²) >= 11 is 5.98. The number of rotatable bonds is 4. The molecule has 26 heavy (non-hydrogen) atoms. The van der Waals surface area contributed by atoms with Gasteiger partial charge in [0.25, 0.3) is 0 Å². The molecule has 8 nitrogen and oxygen atoms in total. The number of fused-ring (bicyclic) bond motifs is 1. The number of methoxy groups -OCH3 is 1. The van der Waals surface area contributed by atoms with Crippen LogP contribution >= 0.6 is 11.6 Å². The van der Waals surface area contributed by atoms with E-state index in [4.69, 9.17) is 15.8 Å². The van der Waals surface area contributed by atoms with Crippen LogP contribution in [-0.2, 0) is 14.9 Å². The standard InChI is InChI=1S/C16H14ClN3O5S/c1-9-11(17)4-3-5-14(9)26(22,23)25-10-6-7-12-13(8-10)19-15(18-12)20-16(21)24-2/h3-8H,1-2H3,(H2,18,19,20,21). The summed E-state index contributed by atoms with van der Waals surface area (Å²) < 4.78 is 34.7. The van der Waals surface area contributed by atoms with Gasteiger partial charge in [0.15, 0.2) is 0 Å². The average Bonchev–Trinajstić information content (AvgIpc) is 2.98. The summed E-state index contributed by atoms with van der Waals surface area (Å²) in [5, 5.41) is 2.72. The molecule has 0 radical (unpaired) electrons. The summed E-state index contributed by atoms with van der Waals surface area (Å²) in [4.78, 5) is 18.2. The maximum absolute atomic E-state index is 12.5. The Balaban J connectivity index is 1.91. The van der Waals surface area contributed by atoms with E-state index in [1.165, 1.54) is 31.4 Å². The Morgan fingerprint density at radius 2 is 2.04 bits per heavy atom. The summed E-state index contributed by atoms with van der Waals surface area (Å²) in [7, 11) is -2.83. The number of anilines is 1. The highest BCUT2D eigenvalue weighted by Crippen LogP contribution is 2.27. The van der Waals surface area contributed by atoms with Crippen LogP contribution in [0, 0.1) is 6.92 Å². The second-order valence-electron chi connectivity index (χ2n) is 5.28. The molecule has 0 saturated heterocycles. The van der Waals surface area contributed by atoms with E-state index in [-0.39, 0.29) is 16.6 Å². The summed E-state index contributed by atoms with van der Waals surface area (Å²) in [5.41, 5.74) is 1.40. The minimum atomic E-state index is -4.06. The van der Waals surface area contributed by atoms with Gasteiger partial charge in [-0.15, -0.1) is 0 Å². The molecule has 0 aliphatic heterocycles. The van der Waals surface area contributed by atoms with Gasteiger partial charge in [0.2, 0.25) is 5.95 Å². The zero-order chi connectivity index (χ0) is 18.9. The van der Waals surface area contributed by atoms with Gasteiger partial charge in [-0.2, -0.15) is 8.42 Å². The molecule has 0 bridgehead atoms. The molecule has 0 unspecified atom stereocenters. The fourth-order valence-corrected chi connectivity index (χ4v) is 3.69. The van der Waals surface area contributed by atoms with E-state index < -0.39 is 16.2 Å². The van der Waals surface area contributed by atoms with Crippen LogP contribution in [0.25, 0.3) is 11.0 Å². The number of H-pyrrole nitrogens is 1. The van der Waals surface area contributed by atoms with Gasteiger partial charge in [-0.1, -0.05) is 17.7 Å². The number of carbonyl (C=O) groups excluding carboxylic acids is 1. The number of nitrogens with zero attached hydrogens (tertiary/aromatic N) is 1. The summed E-state index contributed by atoms with van der Waals surface area (Å²) in [6.07, 6.45) is -0.681. The Bertz CT molecular complexity index is 1090. The largest absolute Gasteiger partial charge is 0.453 e. The van der Waals surface area contributed by atoms with Crippen molar-refractivity contribution in [1.29, 1.82) is 0 Å². The summed E-state index contributed by atoms with van der Waals surface area (Å²) in [5.74, 6) is 0.252. The van der Waals surface area contributed by atoms with Crippen LogP contribution in [0.1, 0.15) is 5.56 Å². The molecule has 0 atom stereocenters. The van der Waals surface area contributed by atoms with Crippen molar-refractivity contribution in [2.45, 2.75) is 11.8 Å². The Morgan fingerprint density at radius 1 is 1.27 bits per heavy atom. The van der Waals surface area contributed by atoms with Gasteiger partial charge in [0.05, 0.1) is 18.1 Å². The van der Waals surface area contributed by atoms with Crippen LogP contribution in [0.3, 0.4) is 0 Å². The smallest absolute Gasteiger partial charge is 0.413 e. The molecule has 0 fully saturated rings. The number of aromatic nitrogens is 2. The first kappa shape index (κ1) is 18.0. The molecule has 1 amide bonds. The third-order valence-corrected chi connectivity index (χ3v) is 5.35. The fraction of sp³-hybridized carbons (Fsp3) is 0.125. The van der Waals surface area contributed by atoms with E-state index in [1.54, 1.807) is 19.1 Å². The molecular weight excluding hydrogens is 382 g/mol. The predicted octanol–water partition coefficient (Wildman–Crippen LogP) is 3.47. The topological polar surface area (TPSA) is 110 Å². The third-order valence-electron chi connectivity index (χ3n) is 3.55. The normalized spacial score (nSPS) is 11.3. The number of halogens is 1. The van der Waals surface area contributed by atoms with Crippen molar-refractivity contribution < 1.29 is 22.1 Å². The van der Waals surface area contributed by atoms with Gasteiger partial charge in [-0.25, -0.2) is 9.78 Å². The van der Waals surface area contributed by atoms with Gasteiger partial charge in [0, 0.05) is 11.1 Å². The lowest BCUT2D eigenvalue weighted by Crippen LogP contribution is -2.11. The molecular formula is C16H14ClN3O5S. The molecule has 2 N–H and O–H groups in total. The minimum absolute atomic E-state index is 0.0113. The lowest BCUT2D eigenvalue weighted by atomic mass is 10.2.